The van der Waals surface area contributed by atoms with Gasteiger partial charge in [0.05, 0.1) is 17.2 Å². The Morgan fingerprint density at radius 1 is 1.03 bits per heavy atom. The Bertz CT molecular complexity index is 1420. The van der Waals surface area contributed by atoms with Crippen LogP contribution in [0.4, 0.5) is 11.8 Å². The molecule has 5 rings (SSSR count). The van der Waals surface area contributed by atoms with Crippen molar-refractivity contribution in [2.75, 3.05) is 24.3 Å². The van der Waals surface area contributed by atoms with Gasteiger partial charge in [-0.1, -0.05) is 18.2 Å². The van der Waals surface area contributed by atoms with Crippen LogP contribution < -0.4 is 21.0 Å². The maximum absolute atomic E-state index is 13.0. The van der Waals surface area contributed by atoms with Crippen molar-refractivity contribution in [1.82, 2.24) is 15.3 Å². The molecule has 35 heavy (non-hydrogen) atoms. The van der Waals surface area contributed by atoms with Crippen LogP contribution in [0.25, 0.3) is 21.9 Å². The number of nitrogens with zero attached hydrogens (tertiary/aromatic N) is 3. The van der Waals surface area contributed by atoms with E-state index < -0.39 is 0 Å². The molecule has 2 N–H and O–H groups in total. The van der Waals surface area contributed by atoms with Gasteiger partial charge in [0.25, 0.3) is 0 Å². The zero-order valence-electron chi connectivity index (χ0n) is 20.9. The second-order valence-corrected chi connectivity index (χ2v) is 9.90. The maximum Gasteiger partial charge on any atom is 0.225 e. The predicted octanol–water partition coefficient (Wildman–Crippen LogP) is 4.93. The van der Waals surface area contributed by atoms with Crippen molar-refractivity contribution in [1.29, 1.82) is 0 Å². The van der Waals surface area contributed by atoms with E-state index in [-0.39, 0.29) is 5.43 Å². The second-order valence-electron chi connectivity index (χ2n) is 9.90. The van der Waals surface area contributed by atoms with Crippen molar-refractivity contribution in [3.63, 3.8) is 0 Å². The summed E-state index contributed by atoms with van der Waals surface area (Å²) in [5.74, 6) is 1.61. The molecule has 4 aromatic rings. The molecule has 0 unspecified atom stereocenters. The molecule has 0 aliphatic heterocycles. The Morgan fingerprint density at radius 2 is 1.77 bits per heavy atom. The van der Waals surface area contributed by atoms with Crippen molar-refractivity contribution in [3.8, 4) is 0 Å². The minimum absolute atomic E-state index is 0.0664. The first-order valence-corrected chi connectivity index (χ1v) is 12.3. The Hall–Kier alpha value is -3.45. The number of fused-ring (bicyclic) bond motifs is 2. The first kappa shape index (κ1) is 23.3. The Labute approximate surface area is 205 Å². The van der Waals surface area contributed by atoms with Gasteiger partial charge >= 0.3 is 0 Å². The topological polar surface area (TPSA) is 83.3 Å². The molecule has 1 aliphatic carbocycles. The molecule has 2 aromatic carbocycles. The molecule has 0 bridgehead atoms. The number of nitrogens with one attached hydrogen (secondary N) is 2. The molecule has 0 saturated heterocycles. The Balaban J connectivity index is 1.21. The fourth-order valence-corrected chi connectivity index (χ4v) is 5.13. The van der Waals surface area contributed by atoms with Crippen LogP contribution in [0.3, 0.4) is 0 Å². The van der Waals surface area contributed by atoms with Gasteiger partial charge in [-0.25, -0.2) is 4.98 Å². The van der Waals surface area contributed by atoms with Gasteiger partial charge in [-0.15, -0.1) is 0 Å². The molecule has 0 amide bonds. The van der Waals surface area contributed by atoms with E-state index in [0.717, 1.165) is 53.5 Å². The van der Waals surface area contributed by atoms with Gasteiger partial charge in [0.15, 0.2) is 5.43 Å². The van der Waals surface area contributed by atoms with Crippen LogP contribution in [0, 0.1) is 13.8 Å². The summed E-state index contributed by atoms with van der Waals surface area (Å²) in [5, 5.41) is 8.89. The summed E-state index contributed by atoms with van der Waals surface area (Å²) in [4.78, 5) is 24.6. The quantitative estimate of drug-likeness (QED) is 0.412. The molecular weight excluding hydrogens is 438 g/mol. The van der Waals surface area contributed by atoms with Crippen LogP contribution in [0.5, 0.6) is 0 Å². The lowest BCUT2D eigenvalue weighted by atomic mass is 9.91. The molecule has 2 aromatic heterocycles. The number of benzene rings is 2. The number of hydrogen-bond acceptors (Lipinski definition) is 7. The fourth-order valence-electron chi connectivity index (χ4n) is 5.13. The van der Waals surface area contributed by atoms with Gasteiger partial charge in [-0.3, -0.25) is 4.79 Å². The molecule has 0 radical (unpaired) electrons. The van der Waals surface area contributed by atoms with Crippen LogP contribution in [-0.4, -0.2) is 36.1 Å². The van der Waals surface area contributed by atoms with E-state index in [1.54, 1.807) is 6.26 Å². The van der Waals surface area contributed by atoms with Crippen molar-refractivity contribution in [3.05, 3.63) is 69.6 Å². The highest BCUT2D eigenvalue weighted by atomic mass is 16.3. The Kier molecular flexibility index (Phi) is 6.43. The summed E-state index contributed by atoms with van der Waals surface area (Å²) in [6.07, 6.45) is 5.72. The van der Waals surface area contributed by atoms with E-state index in [9.17, 15) is 4.79 Å². The second kappa shape index (κ2) is 9.66. The van der Waals surface area contributed by atoms with Crippen LogP contribution in [0.15, 0.2) is 51.9 Å². The Morgan fingerprint density at radius 3 is 2.54 bits per heavy atom. The van der Waals surface area contributed by atoms with E-state index >= 15 is 0 Å². The maximum atomic E-state index is 13.0. The first-order valence-electron chi connectivity index (χ1n) is 12.3. The minimum Gasteiger partial charge on any atom is -0.464 e. The minimum atomic E-state index is 0.0664. The van der Waals surface area contributed by atoms with Gasteiger partial charge < -0.3 is 20.0 Å². The highest BCUT2D eigenvalue weighted by Crippen LogP contribution is 2.26. The smallest absolute Gasteiger partial charge is 0.225 e. The number of rotatable bonds is 6. The predicted molar refractivity (Wildman–Crippen MR) is 142 cm³/mol. The molecule has 182 valence electrons. The lowest BCUT2D eigenvalue weighted by molar-refractivity contribution is 0.351. The highest BCUT2D eigenvalue weighted by molar-refractivity contribution is 5.90. The van der Waals surface area contributed by atoms with Gasteiger partial charge in [-0.05, 0) is 68.9 Å². The molecule has 1 aliphatic rings. The third-order valence-corrected chi connectivity index (χ3v) is 6.94. The highest BCUT2D eigenvalue weighted by Gasteiger charge is 2.22. The third-order valence-electron chi connectivity index (χ3n) is 6.94. The van der Waals surface area contributed by atoms with Crippen LogP contribution in [0.1, 0.15) is 42.4 Å². The van der Waals surface area contributed by atoms with Gasteiger partial charge in [-0.2, -0.15) is 4.98 Å². The summed E-state index contributed by atoms with van der Waals surface area (Å²) in [6.45, 7) is 4.51. The molecule has 7 heteroatoms. The van der Waals surface area contributed by atoms with Gasteiger partial charge in [0.2, 0.25) is 5.95 Å². The summed E-state index contributed by atoms with van der Waals surface area (Å²) < 4.78 is 5.80. The summed E-state index contributed by atoms with van der Waals surface area (Å²) in [6, 6.07) is 12.8. The molecule has 1 saturated carbocycles. The molecule has 0 spiro atoms. The van der Waals surface area contributed by atoms with Crippen LogP contribution in [-0.2, 0) is 6.54 Å². The van der Waals surface area contributed by atoms with Gasteiger partial charge in [0, 0.05) is 43.7 Å². The fraction of sp³-hybridized carbons (Fsp3) is 0.393. The average molecular weight is 472 g/mol. The number of aromatic nitrogens is 2. The molecule has 2 heterocycles. The van der Waals surface area contributed by atoms with Crippen LogP contribution >= 0.6 is 0 Å². The SMILES string of the molecule is Cc1cc(C)c2c(=O)c(CN[C@H]3CC[C@@H](Nc4nc(N(C)C)c5ccccc5n4)CC3)coc2c1. The molecule has 0 atom stereocenters. The van der Waals surface area contributed by atoms with Crippen molar-refractivity contribution in [2.24, 2.45) is 0 Å². The number of aryl methyl sites for hydroxylation is 2. The number of anilines is 2. The van der Waals surface area contributed by atoms with E-state index in [1.165, 1.54) is 0 Å². The lowest BCUT2D eigenvalue weighted by Crippen LogP contribution is -2.37. The number of para-hydroxylation sites is 1. The molecular formula is C28H33N5O2. The van der Waals surface area contributed by atoms with Crippen molar-refractivity contribution in [2.45, 2.75) is 58.2 Å². The standard InChI is InChI=1S/C28H33N5O2/c1-17-13-18(2)25-24(14-17)35-16-19(26(25)34)15-29-20-9-11-21(12-10-20)30-28-31-23-8-6-5-7-22(23)27(32-28)33(3)4/h5-8,13-14,16,20-21,29H,9-12,15H2,1-4H3,(H,30,31,32)/t20-,21+. The zero-order chi connectivity index (χ0) is 24.5. The largest absolute Gasteiger partial charge is 0.464 e. The molecule has 1 fully saturated rings. The van der Waals surface area contributed by atoms with E-state index in [0.29, 0.717) is 41.1 Å². The summed E-state index contributed by atoms with van der Waals surface area (Å²) >= 11 is 0. The first-order chi connectivity index (χ1) is 16.9. The van der Waals surface area contributed by atoms with Crippen molar-refractivity contribution < 1.29 is 4.42 Å². The summed E-state index contributed by atoms with van der Waals surface area (Å²) in [7, 11) is 4.02. The van der Waals surface area contributed by atoms with E-state index in [2.05, 4.69) is 16.7 Å². The number of hydrogen-bond donors (Lipinski definition) is 2. The molecule has 7 nitrogen and oxygen atoms in total. The average Bonchev–Trinajstić information content (AvgIpc) is 2.83. The summed E-state index contributed by atoms with van der Waals surface area (Å²) in [5.41, 5.74) is 4.43. The van der Waals surface area contributed by atoms with E-state index in [1.807, 2.05) is 63.2 Å². The lowest BCUT2D eigenvalue weighted by Gasteiger charge is -2.30. The normalized spacial score (nSPS) is 18.2. The van der Waals surface area contributed by atoms with E-state index in [4.69, 9.17) is 14.4 Å². The zero-order valence-corrected chi connectivity index (χ0v) is 20.9. The van der Waals surface area contributed by atoms with Gasteiger partial charge in [0.1, 0.15) is 11.4 Å². The van der Waals surface area contributed by atoms with Crippen molar-refractivity contribution >= 4 is 33.6 Å². The third kappa shape index (κ3) is 4.86. The van der Waals surface area contributed by atoms with Crippen LogP contribution in [0.2, 0.25) is 0 Å². The monoisotopic (exact) mass is 471 g/mol.